The second-order valence-corrected chi connectivity index (χ2v) is 8.11. The first kappa shape index (κ1) is 19.9. The predicted molar refractivity (Wildman–Crippen MR) is 116 cm³/mol. The molecule has 2 fully saturated rings. The average molecular weight is 394 g/mol. The van der Waals surface area contributed by atoms with Crippen LogP contribution in [-0.2, 0) is 6.42 Å². The van der Waals surface area contributed by atoms with Gasteiger partial charge in [-0.2, -0.15) is 0 Å². The van der Waals surface area contributed by atoms with Crippen LogP contribution in [0.2, 0.25) is 0 Å². The Morgan fingerprint density at radius 2 is 2.14 bits per heavy atom. The molecular formula is C23H31N5O. The standard InChI is InChI=1S/C23H31N5O/c1-2-24-23(29)18-10-11-25-21(14-18)28-12-6-9-19(16-28)22-20(15-26-27-22)13-17-7-4-3-5-8-17/h3-5,7-8,10-11,14,19-20,22,26-27H,2,6,9,12-13,15-16H2,1H3,(H,24,29). The van der Waals surface area contributed by atoms with Crippen molar-refractivity contribution in [1.29, 1.82) is 0 Å². The zero-order chi connectivity index (χ0) is 20.1. The number of aromatic nitrogens is 1. The Hall–Kier alpha value is -2.44. The quantitative estimate of drug-likeness (QED) is 0.703. The molecule has 6 nitrogen and oxygen atoms in total. The molecule has 0 radical (unpaired) electrons. The Bertz CT molecular complexity index is 812. The first-order chi connectivity index (χ1) is 14.2. The number of carbonyl (C=O) groups excluding carboxylic acids is 1. The van der Waals surface area contributed by atoms with E-state index in [1.807, 2.05) is 13.0 Å². The van der Waals surface area contributed by atoms with Crippen molar-refractivity contribution in [2.45, 2.75) is 32.2 Å². The highest BCUT2D eigenvalue weighted by atomic mass is 16.1. The lowest BCUT2D eigenvalue weighted by atomic mass is 9.81. The number of carbonyl (C=O) groups is 1. The molecule has 2 aromatic rings. The van der Waals surface area contributed by atoms with E-state index in [9.17, 15) is 4.79 Å². The summed E-state index contributed by atoms with van der Waals surface area (Å²) in [6.07, 6.45) is 5.20. The molecule has 2 saturated heterocycles. The van der Waals surface area contributed by atoms with Gasteiger partial charge in [-0.05, 0) is 55.7 Å². The Balaban J connectivity index is 1.44. The van der Waals surface area contributed by atoms with Gasteiger partial charge in [0.05, 0.1) is 0 Å². The van der Waals surface area contributed by atoms with Crippen LogP contribution in [0.15, 0.2) is 48.7 Å². The summed E-state index contributed by atoms with van der Waals surface area (Å²) in [6.45, 7) is 5.53. The molecule has 154 valence electrons. The summed E-state index contributed by atoms with van der Waals surface area (Å²) in [5.41, 5.74) is 9.03. The second kappa shape index (κ2) is 9.37. The molecule has 3 atom stereocenters. The Morgan fingerprint density at radius 1 is 1.28 bits per heavy atom. The fourth-order valence-electron chi connectivity index (χ4n) is 4.68. The minimum absolute atomic E-state index is 0.0331. The van der Waals surface area contributed by atoms with Crippen LogP contribution in [-0.4, -0.2) is 43.1 Å². The van der Waals surface area contributed by atoms with Crippen LogP contribution in [0.3, 0.4) is 0 Å². The number of nitrogens with one attached hydrogen (secondary N) is 3. The molecule has 3 N–H and O–H groups in total. The van der Waals surface area contributed by atoms with Gasteiger partial charge in [0.1, 0.15) is 5.82 Å². The molecule has 3 unspecified atom stereocenters. The lowest BCUT2D eigenvalue weighted by molar-refractivity contribution is 0.0955. The van der Waals surface area contributed by atoms with Crippen LogP contribution >= 0.6 is 0 Å². The maximum absolute atomic E-state index is 12.2. The molecule has 29 heavy (non-hydrogen) atoms. The summed E-state index contributed by atoms with van der Waals surface area (Å²) in [6, 6.07) is 14.9. The van der Waals surface area contributed by atoms with E-state index in [2.05, 4.69) is 56.4 Å². The van der Waals surface area contributed by atoms with E-state index in [1.165, 1.54) is 12.0 Å². The average Bonchev–Trinajstić information content (AvgIpc) is 3.23. The molecule has 0 saturated carbocycles. The molecule has 0 aliphatic carbocycles. The van der Waals surface area contributed by atoms with Crippen molar-refractivity contribution in [3.05, 3.63) is 59.8 Å². The number of anilines is 1. The van der Waals surface area contributed by atoms with Crippen LogP contribution in [0.1, 0.15) is 35.7 Å². The summed E-state index contributed by atoms with van der Waals surface area (Å²) >= 11 is 0. The number of pyridine rings is 1. The molecule has 4 rings (SSSR count). The number of nitrogens with zero attached hydrogens (tertiary/aromatic N) is 2. The molecular weight excluding hydrogens is 362 g/mol. The highest BCUT2D eigenvalue weighted by molar-refractivity contribution is 5.94. The summed E-state index contributed by atoms with van der Waals surface area (Å²) < 4.78 is 0. The summed E-state index contributed by atoms with van der Waals surface area (Å²) in [5.74, 6) is 2.01. The van der Waals surface area contributed by atoms with Gasteiger partial charge in [-0.25, -0.2) is 4.98 Å². The molecule has 2 aliphatic heterocycles. The van der Waals surface area contributed by atoms with Crippen molar-refractivity contribution < 1.29 is 4.79 Å². The van der Waals surface area contributed by atoms with Crippen molar-refractivity contribution in [3.63, 3.8) is 0 Å². The zero-order valence-corrected chi connectivity index (χ0v) is 17.1. The van der Waals surface area contributed by atoms with E-state index in [0.717, 1.165) is 38.3 Å². The molecule has 3 heterocycles. The Morgan fingerprint density at radius 3 is 2.97 bits per heavy atom. The number of amides is 1. The SMILES string of the molecule is CCNC(=O)c1ccnc(N2CCCC(C3NNCC3Cc3ccccc3)C2)c1. The van der Waals surface area contributed by atoms with Crippen molar-refractivity contribution in [2.75, 3.05) is 31.1 Å². The third kappa shape index (κ3) is 4.77. The molecule has 0 bridgehead atoms. The predicted octanol–water partition coefficient (Wildman–Crippen LogP) is 2.38. The minimum Gasteiger partial charge on any atom is -0.356 e. The number of rotatable bonds is 6. The van der Waals surface area contributed by atoms with Crippen molar-refractivity contribution in [3.8, 4) is 0 Å². The van der Waals surface area contributed by atoms with E-state index in [-0.39, 0.29) is 5.91 Å². The van der Waals surface area contributed by atoms with Crippen LogP contribution < -0.4 is 21.1 Å². The highest BCUT2D eigenvalue weighted by Gasteiger charge is 2.36. The number of hydrazine groups is 1. The van der Waals surface area contributed by atoms with E-state index in [0.29, 0.717) is 30.0 Å². The lowest BCUT2D eigenvalue weighted by Gasteiger charge is -2.38. The molecule has 1 amide bonds. The topological polar surface area (TPSA) is 69.3 Å². The molecule has 6 heteroatoms. The Kier molecular flexibility index (Phi) is 6.42. The number of hydrogen-bond acceptors (Lipinski definition) is 5. The third-order valence-corrected chi connectivity index (χ3v) is 6.12. The van der Waals surface area contributed by atoms with Crippen molar-refractivity contribution in [2.24, 2.45) is 11.8 Å². The van der Waals surface area contributed by atoms with Gasteiger partial charge in [0, 0.05) is 44.0 Å². The molecule has 1 aromatic carbocycles. The summed E-state index contributed by atoms with van der Waals surface area (Å²) in [7, 11) is 0. The van der Waals surface area contributed by atoms with Gasteiger partial charge in [0.25, 0.3) is 5.91 Å². The second-order valence-electron chi connectivity index (χ2n) is 8.11. The first-order valence-corrected chi connectivity index (χ1v) is 10.8. The number of hydrogen-bond donors (Lipinski definition) is 3. The molecule has 1 aromatic heterocycles. The smallest absolute Gasteiger partial charge is 0.251 e. The fourth-order valence-corrected chi connectivity index (χ4v) is 4.68. The van der Waals surface area contributed by atoms with Gasteiger partial charge in [0.15, 0.2) is 0 Å². The van der Waals surface area contributed by atoms with E-state index in [4.69, 9.17) is 0 Å². The van der Waals surface area contributed by atoms with Gasteiger partial charge < -0.3 is 10.2 Å². The van der Waals surface area contributed by atoms with Gasteiger partial charge in [-0.1, -0.05) is 30.3 Å². The minimum atomic E-state index is -0.0331. The van der Waals surface area contributed by atoms with E-state index < -0.39 is 0 Å². The Labute approximate surface area is 173 Å². The zero-order valence-electron chi connectivity index (χ0n) is 17.1. The van der Waals surface area contributed by atoms with Crippen LogP contribution in [0.25, 0.3) is 0 Å². The van der Waals surface area contributed by atoms with Gasteiger partial charge in [0.2, 0.25) is 0 Å². The lowest BCUT2D eigenvalue weighted by Crippen LogP contribution is -2.47. The van der Waals surface area contributed by atoms with Crippen molar-refractivity contribution >= 4 is 11.7 Å². The van der Waals surface area contributed by atoms with E-state index in [1.54, 1.807) is 12.3 Å². The molecule has 2 aliphatic rings. The maximum Gasteiger partial charge on any atom is 0.251 e. The van der Waals surface area contributed by atoms with Gasteiger partial charge in [-0.15, -0.1) is 0 Å². The van der Waals surface area contributed by atoms with Gasteiger partial charge in [-0.3, -0.25) is 15.6 Å². The summed E-state index contributed by atoms with van der Waals surface area (Å²) in [4.78, 5) is 19.1. The highest BCUT2D eigenvalue weighted by Crippen LogP contribution is 2.29. The van der Waals surface area contributed by atoms with Crippen LogP contribution in [0.4, 0.5) is 5.82 Å². The largest absolute Gasteiger partial charge is 0.356 e. The third-order valence-electron chi connectivity index (χ3n) is 6.12. The number of benzene rings is 1. The fraction of sp³-hybridized carbons (Fsp3) is 0.478. The molecule has 0 spiro atoms. The number of piperidine rings is 1. The normalized spacial score (nSPS) is 24.4. The van der Waals surface area contributed by atoms with Crippen LogP contribution in [0.5, 0.6) is 0 Å². The monoisotopic (exact) mass is 393 g/mol. The van der Waals surface area contributed by atoms with Crippen LogP contribution in [0, 0.1) is 11.8 Å². The van der Waals surface area contributed by atoms with Crippen molar-refractivity contribution in [1.82, 2.24) is 21.2 Å². The summed E-state index contributed by atoms with van der Waals surface area (Å²) in [5, 5.41) is 2.87. The van der Waals surface area contributed by atoms with Gasteiger partial charge >= 0.3 is 0 Å². The van der Waals surface area contributed by atoms with E-state index >= 15 is 0 Å². The first-order valence-electron chi connectivity index (χ1n) is 10.8. The maximum atomic E-state index is 12.2.